The molecule has 0 saturated heterocycles. The van der Waals surface area contributed by atoms with Gasteiger partial charge in [-0.25, -0.2) is 0 Å². The lowest BCUT2D eigenvalue weighted by Gasteiger charge is -2.16. The number of alkyl halides is 3. The molecule has 0 aliphatic carbocycles. The molecule has 6 nitrogen and oxygen atoms in total. The van der Waals surface area contributed by atoms with Gasteiger partial charge in [0.1, 0.15) is 0 Å². The van der Waals surface area contributed by atoms with E-state index < -0.39 is 17.6 Å². The van der Waals surface area contributed by atoms with Crippen LogP contribution in [0.2, 0.25) is 0 Å². The van der Waals surface area contributed by atoms with Crippen molar-refractivity contribution in [2.75, 3.05) is 22.1 Å². The van der Waals surface area contributed by atoms with Gasteiger partial charge in [-0.2, -0.15) is 13.2 Å². The van der Waals surface area contributed by atoms with Gasteiger partial charge >= 0.3 is 6.18 Å². The fraction of sp³-hybridized carbons (Fsp3) is 0.167. The Labute approximate surface area is 174 Å². The zero-order chi connectivity index (χ0) is 21.3. The predicted molar refractivity (Wildman–Crippen MR) is 111 cm³/mol. The number of carbonyl (C=O) groups is 2. The topological polar surface area (TPSA) is 82.3 Å². The summed E-state index contributed by atoms with van der Waals surface area (Å²) in [6, 6.07) is 13.7. The van der Waals surface area contributed by atoms with Gasteiger partial charge in [0.2, 0.25) is 11.8 Å². The Bertz CT molecular complexity index is 864. The molecule has 11 heteroatoms. The van der Waals surface area contributed by atoms with E-state index in [0.717, 1.165) is 17.8 Å². The summed E-state index contributed by atoms with van der Waals surface area (Å²) in [5, 5.41) is 4.86. The van der Waals surface area contributed by atoms with Crippen molar-refractivity contribution in [3.05, 3.63) is 60.2 Å². The third kappa shape index (κ3) is 8.00. The summed E-state index contributed by atoms with van der Waals surface area (Å²) in [6.07, 6.45) is -4.54. The number of halogens is 3. The van der Waals surface area contributed by atoms with E-state index in [9.17, 15) is 22.8 Å². The van der Waals surface area contributed by atoms with E-state index in [1.165, 1.54) is 18.2 Å². The number of benzene rings is 2. The number of para-hydroxylation sites is 2. The first-order valence-corrected chi connectivity index (χ1v) is 9.76. The van der Waals surface area contributed by atoms with E-state index in [4.69, 9.17) is 12.2 Å². The van der Waals surface area contributed by atoms with Gasteiger partial charge < -0.3 is 10.6 Å². The van der Waals surface area contributed by atoms with E-state index in [1.54, 1.807) is 24.3 Å². The van der Waals surface area contributed by atoms with Gasteiger partial charge in [-0.1, -0.05) is 30.3 Å². The lowest BCUT2D eigenvalue weighted by molar-refractivity contribution is -0.137. The second-order valence-electron chi connectivity index (χ2n) is 5.58. The average molecular weight is 442 g/mol. The Balaban J connectivity index is 1.70. The van der Waals surface area contributed by atoms with Crippen molar-refractivity contribution < 1.29 is 22.8 Å². The Hall–Kier alpha value is -2.79. The Morgan fingerprint density at radius 1 is 0.862 bits per heavy atom. The molecule has 0 unspecified atom stereocenters. The molecule has 4 N–H and O–H groups in total. The summed E-state index contributed by atoms with van der Waals surface area (Å²) in [4.78, 5) is 23.5. The first-order chi connectivity index (χ1) is 13.8. The van der Waals surface area contributed by atoms with E-state index in [2.05, 4.69) is 21.5 Å². The first kappa shape index (κ1) is 22.5. The third-order valence-corrected chi connectivity index (χ3v) is 4.46. The van der Waals surface area contributed by atoms with Crippen molar-refractivity contribution in [2.45, 2.75) is 6.18 Å². The van der Waals surface area contributed by atoms with Crippen molar-refractivity contribution in [2.24, 2.45) is 0 Å². The molecule has 0 aliphatic heterocycles. The van der Waals surface area contributed by atoms with E-state index in [-0.39, 0.29) is 28.2 Å². The van der Waals surface area contributed by atoms with Gasteiger partial charge in [0, 0.05) is 5.69 Å². The maximum Gasteiger partial charge on any atom is 0.418 e. The molecule has 2 aromatic rings. The van der Waals surface area contributed by atoms with Crippen molar-refractivity contribution in [3.63, 3.8) is 0 Å². The molecule has 0 heterocycles. The van der Waals surface area contributed by atoms with Crippen LogP contribution in [0.3, 0.4) is 0 Å². The van der Waals surface area contributed by atoms with E-state index in [0.29, 0.717) is 5.69 Å². The molecule has 154 valence electrons. The second kappa shape index (κ2) is 10.7. The molecular weight excluding hydrogens is 425 g/mol. The summed E-state index contributed by atoms with van der Waals surface area (Å²) in [6.45, 7) is 0. The SMILES string of the molecule is O=C(CSCC(=O)Nc1ccccc1)NNC(=S)Nc1ccccc1C(F)(F)F. The number of carbonyl (C=O) groups excluding carboxylic acids is 2. The minimum atomic E-state index is -4.54. The molecule has 0 aromatic heterocycles. The van der Waals surface area contributed by atoms with Crippen molar-refractivity contribution in [1.82, 2.24) is 10.9 Å². The smallest absolute Gasteiger partial charge is 0.331 e. The number of hydrogen-bond donors (Lipinski definition) is 4. The predicted octanol–water partition coefficient (Wildman–Crippen LogP) is 3.39. The van der Waals surface area contributed by atoms with Crippen LogP contribution in [-0.4, -0.2) is 28.4 Å². The molecule has 2 rings (SSSR count). The Morgan fingerprint density at radius 3 is 2.17 bits per heavy atom. The van der Waals surface area contributed by atoms with Gasteiger partial charge in [-0.05, 0) is 36.5 Å². The number of amides is 2. The number of rotatable bonds is 6. The van der Waals surface area contributed by atoms with Crippen molar-refractivity contribution in [1.29, 1.82) is 0 Å². The molecule has 0 radical (unpaired) electrons. The number of nitrogens with one attached hydrogen (secondary N) is 4. The molecule has 0 aliphatic rings. The van der Waals surface area contributed by atoms with E-state index in [1.807, 2.05) is 6.07 Å². The highest BCUT2D eigenvalue weighted by molar-refractivity contribution is 8.00. The van der Waals surface area contributed by atoms with Gasteiger partial charge in [-0.15, -0.1) is 11.8 Å². The number of anilines is 2. The van der Waals surface area contributed by atoms with Crippen molar-refractivity contribution >= 4 is 52.3 Å². The first-order valence-electron chi connectivity index (χ1n) is 8.20. The molecule has 0 spiro atoms. The van der Waals surface area contributed by atoms with E-state index >= 15 is 0 Å². The summed E-state index contributed by atoms with van der Waals surface area (Å²) in [5.41, 5.74) is 4.12. The zero-order valence-electron chi connectivity index (χ0n) is 14.9. The largest absolute Gasteiger partial charge is 0.418 e. The van der Waals surface area contributed by atoms with Gasteiger partial charge in [-0.3, -0.25) is 20.4 Å². The maximum atomic E-state index is 12.9. The second-order valence-corrected chi connectivity index (χ2v) is 6.97. The van der Waals surface area contributed by atoms with Crippen LogP contribution in [0.4, 0.5) is 24.5 Å². The quantitative estimate of drug-likeness (QED) is 0.406. The zero-order valence-corrected chi connectivity index (χ0v) is 16.5. The highest BCUT2D eigenvalue weighted by Crippen LogP contribution is 2.34. The molecule has 2 aromatic carbocycles. The standard InChI is InChI=1S/C18H17F3N4O2S2/c19-18(20,21)13-8-4-5-9-14(13)23-17(28)25-24-16(27)11-29-10-15(26)22-12-6-2-1-3-7-12/h1-9H,10-11H2,(H,22,26)(H,24,27)(H2,23,25,28). The normalized spacial score (nSPS) is 10.7. The molecular formula is C18H17F3N4O2S2. The van der Waals surface area contributed by atoms with Crippen LogP contribution in [0.25, 0.3) is 0 Å². The van der Waals surface area contributed by atoms with Gasteiger partial charge in [0.25, 0.3) is 0 Å². The molecule has 0 fully saturated rings. The number of hydrogen-bond acceptors (Lipinski definition) is 4. The number of hydrazine groups is 1. The minimum absolute atomic E-state index is 0.0447. The Morgan fingerprint density at radius 2 is 1.48 bits per heavy atom. The van der Waals surface area contributed by atoms with Crippen LogP contribution in [-0.2, 0) is 15.8 Å². The van der Waals surface area contributed by atoms with Crippen LogP contribution >= 0.6 is 24.0 Å². The summed E-state index contributed by atoms with van der Waals surface area (Å²) in [7, 11) is 0. The highest BCUT2D eigenvalue weighted by atomic mass is 32.2. The lowest BCUT2D eigenvalue weighted by atomic mass is 10.2. The third-order valence-electron chi connectivity index (χ3n) is 3.32. The highest BCUT2D eigenvalue weighted by Gasteiger charge is 2.33. The van der Waals surface area contributed by atoms with Crippen LogP contribution < -0.4 is 21.5 Å². The molecule has 2 amide bonds. The summed E-state index contributed by atoms with van der Waals surface area (Å²) >= 11 is 5.96. The fourth-order valence-electron chi connectivity index (χ4n) is 2.11. The molecule has 29 heavy (non-hydrogen) atoms. The number of thioether (sulfide) groups is 1. The fourth-order valence-corrected chi connectivity index (χ4v) is 2.89. The monoisotopic (exact) mass is 442 g/mol. The molecule has 0 bridgehead atoms. The Kier molecular flexibility index (Phi) is 8.28. The van der Waals surface area contributed by atoms with Crippen molar-refractivity contribution in [3.8, 4) is 0 Å². The molecule has 0 saturated carbocycles. The van der Waals surface area contributed by atoms with Crippen LogP contribution in [0.1, 0.15) is 5.56 Å². The van der Waals surface area contributed by atoms with Gasteiger partial charge in [0.15, 0.2) is 5.11 Å². The number of thiocarbonyl (C=S) groups is 1. The minimum Gasteiger partial charge on any atom is -0.331 e. The maximum absolute atomic E-state index is 12.9. The molecule has 0 atom stereocenters. The summed E-state index contributed by atoms with van der Waals surface area (Å²) in [5.74, 6) is -0.736. The van der Waals surface area contributed by atoms with Crippen LogP contribution in [0, 0.1) is 0 Å². The lowest BCUT2D eigenvalue weighted by Crippen LogP contribution is -2.44. The van der Waals surface area contributed by atoms with Gasteiger partial charge in [0.05, 0.1) is 22.8 Å². The van der Waals surface area contributed by atoms with Crippen LogP contribution in [0.15, 0.2) is 54.6 Å². The summed E-state index contributed by atoms with van der Waals surface area (Å²) < 4.78 is 38.8. The van der Waals surface area contributed by atoms with Crippen LogP contribution in [0.5, 0.6) is 0 Å². The average Bonchev–Trinajstić information content (AvgIpc) is 2.67.